The highest BCUT2D eigenvalue weighted by molar-refractivity contribution is 7.92. The number of nitrogens with one attached hydrogen (secondary N) is 1. The highest BCUT2D eigenvalue weighted by atomic mass is 32.2. The Labute approximate surface area is 183 Å². The third-order valence-electron chi connectivity index (χ3n) is 5.65. The number of imidazole rings is 1. The number of fused-ring (bicyclic) bond motifs is 1. The number of sulfonamides is 1. The molecule has 4 rings (SSSR count). The quantitative estimate of drug-likeness (QED) is 0.432. The molecule has 0 spiro atoms. The molecule has 6 heteroatoms. The van der Waals surface area contributed by atoms with Crippen LogP contribution in [0.3, 0.4) is 0 Å². The van der Waals surface area contributed by atoms with Gasteiger partial charge in [-0.1, -0.05) is 30.3 Å². The van der Waals surface area contributed by atoms with Crippen LogP contribution in [0.5, 0.6) is 0 Å². The van der Waals surface area contributed by atoms with Crippen molar-refractivity contribution >= 4 is 26.7 Å². The van der Waals surface area contributed by atoms with Gasteiger partial charge in [0.1, 0.15) is 5.82 Å². The summed E-state index contributed by atoms with van der Waals surface area (Å²) >= 11 is 0. The third kappa shape index (κ3) is 4.49. The number of nitrogens with zero attached hydrogens (tertiary/aromatic N) is 2. The van der Waals surface area contributed by atoms with E-state index in [0.29, 0.717) is 5.69 Å². The Morgan fingerprint density at radius 3 is 2.48 bits per heavy atom. The first-order valence-electron chi connectivity index (χ1n) is 10.5. The smallest absolute Gasteiger partial charge is 0.261 e. The number of rotatable bonds is 7. The molecule has 1 N–H and O–H groups in total. The number of para-hydroxylation sites is 2. The van der Waals surface area contributed by atoms with Gasteiger partial charge >= 0.3 is 0 Å². The summed E-state index contributed by atoms with van der Waals surface area (Å²) in [4.78, 5) is 5.06. The molecule has 0 saturated heterocycles. The van der Waals surface area contributed by atoms with E-state index in [2.05, 4.69) is 22.3 Å². The van der Waals surface area contributed by atoms with Crippen molar-refractivity contribution in [3.63, 3.8) is 0 Å². The van der Waals surface area contributed by atoms with E-state index in [-0.39, 0.29) is 4.90 Å². The zero-order valence-electron chi connectivity index (χ0n) is 18.1. The van der Waals surface area contributed by atoms with Gasteiger partial charge in [-0.25, -0.2) is 13.4 Å². The fraction of sp³-hybridized carbons (Fsp3) is 0.240. The van der Waals surface area contributed by atoms with Crippen LogP contribution in [0.1, 0.15) is 29.4 Å². The second-order valence-electron chi connectivity index (χ2n) is 7.81. The van der Waals surface area contributed by atoms with E-state index in [9.17, 15) is 8.42 Å². The van der Waals surface area contributed by atoms with Crippen LogP contribution in [0, 0.1) is 13.8 Å². The first kappa shape index (κ1) is 21.1. The average Bonchev–Trinajstić information content (AvgIpc) is 3.11. The third-order valence-corrected chi connectivity index (χ3v) is 7.03. The van der Waals surface area contributed by atoms with E-state index in [0.717, 1.165) is 52.9 Å². The number of aryl methyl sites for hydroxylation is 5. The van der Waals surface area contributed by atoms with Crippen LogP contribution in [-0.4, -0.2) is 18.0 Å². The molecule has 0 amide bonds. The lowest BCUT2D eigenvalue weighted by Crippen LogP contribution is -2.13. The van der Waals surface area contributed by atoms with Gasteiger partial charge in [-0.05, 0) is 80.3 Å². The Bertz CT molecular complexity index is 1340. The van der Waals surface area contributed by atoms with Crippen molar-refractivity contribution in [3.8, 4) is 0 Å². The summed E-state index contributed by atoms with van der Waals surface area (Å²) in [6.07, 6.45) is 1.57. The summed E-state index contributed by atoms with van der Waals surface area (Å²) in [5.41, 5.74) is 5.81. The minimum atomic E-state index is -3.63. The van der Waals surface area contributed by atoms with Gasteiger partial charge in [0.2, 0.25) is 0 Å². The number of benzene rings is 3. The largest absolute Gasteiger partial charge is 0.328 e. The van der Waals surface area contributed by atoms with Crippen LogP contribution in [0.4, 0.5) is 5.69 Å². The van der Waals surface area contributed by atoms with Crippen molar-refractivity contribution in [1.82, 2.24) is 9.55 Å². The van der Waals surface area contributed by atoms with Gasteiger partial charge in [-0.3, -0.25) is 4.72 Å². The molecule has 0 aliphatic rings. The Morgan fingerprint density at radius 2 is 1.71 bits per heavy atom. The lowest BCUT2D eigenvalue weighted by atomic mass is 10.1. The van der Waals surface area contributed by atoms with E-state index in [1.807, 2.05) is 56.3 Å². The van der Waals surface area contributed by atoms with Crippen molar-refractivity contribution in [2.75, 3.05) is 4.72 Å². The van der Waals surface area contributed by atoms with Crippen molar-refractivity contribution in [2.45, 2.75) is 45.1 Å². The molecule has 1 heterocycles. The van der Waals surface area contributed by atoms with Crippen LogP contribution in [0.15, 0.2) is 71.6 Å². The van der Waals surface area contributed by atoms with E-state index in [4.69, 9.17) is 4.98 Å². The lowest BCUT2D eigenvalue weighted by molar-refractivity contribution is 0.601. The number of anilines is 1. The normalized spacial score (nSPS) is 11.7. The number of aromatic nitrogens is 2. The predicted molar refractivity (Wildman–Crippen MR) is 126 cm³/mol. The lowest BCUT2D eigenvalue weighted by Gasteiger charge is -2.11. The minimum Gasteiger partial charge on any atom is -0.328 e. The molecule has 5 nitrogen and oxygen atoms in total. The maximum atomic E-state index is 12.8. The van der Waals surface area contributed by atoms with Crippen molar-refractivity contribution in [2.24, 2.45) is 0 Å². The number of hydrogen-bond donors (Lipinski definition) is 1. The molecule has 1 aromatic heterocycles. The molecule has 0 saturated carbocycles. The maximum absolute atomic E-state index is 12.8. The van der Waals surface area contributed by atoms with Gasteiger partial charge in [0.05, 0.1) is 15.9 Å². The Kier molecular flexibility index (Phi) is 5.83. The standard InChI is InChI=1S/C25H27N3O2S/c1-4-28-24-11-6-5-10-23(24)26-25(28)15-13-20-8-7-9-21(17-20)27-31(29,30)22-14-12-18(2)19(3)16-22/h5-12,14,16-17,27H,4,13,15H2,1-3H3. The highest BCUT2D eigenvalue weighted by Gasteiger charge is 2.15. The minimum absolute atomic E-state index is 0.276. The summed E-state index contributed by atoms with van der Waals surface area (Å²) in [7, 11) is -3.63. The first-order chi connectivity index (χ1) is 14.9. The molecule has 0 fully saturated rings. The van der Waals surface area contributed by atoms with Crippen molar-refractivity contribution in [1.29, 1.82) is 0 Å². The van der Waals surface area contributed by atoms with Crippen LogP contribution < -0.4 is 4.72 Å². The zero-order chi connectivity index (χ0) is 22.0. The summed E-state index contributed by atoms with van der Waals surface area (Å²) in [6, 6.07) is 20.9. The molecule has 0 bridgehead atoms. The predicted octanol–water partition coefficient (Wildman–Crippen LogP) is 5.26. The van der Waals surface area contributed by atoms with Crippen LogP contribution in [-0.2, 0) is 29.4 Å². The molecule has 0 radical (unpaired) electrons. The molecule has 31 heavy (non-hydrogen) atoms. The topological polar surface area (TPSA) is 64.0 Å². The summed E-state index contributed by atoms with van der Waals surface area (Å²) < 4.78 is 30.6. The molecule has 160 valence electrons. The van der Waals surface area contributed by atoms with Gasteiger partial charge < -0.3 is 4.57 Å². The molecule has 0 unspecified atom stereocenters. The van der Waals surface area contributed by atoms with Crippen LogP contribution >= 0.6 is 0 Å². The monoisotopic (exact) mass is 433 g/mol. The average molecular weight is 434 g/mol. The number of hydrogen-bond acceptors (Lipinski definition) is 3. The summed E-state index contributed by atoms with van der Waals surface area (Å²) in [6.45, 7) is 6.87. The van der Waals surface area contributed by atoms with Crippen LogP contribution in [0.2, 0.25) is 0 Å². The second kappa shape index (κ2) is 8.55. The maximum Gasteiger partial charge on any atom is 0.261 e. The molecular formula is C25H27N3O2S. The van der Waals surface area contributed by atoms with E-state index in [1.165, 1.54) is 0 Å². The molecule has 4 aromatic rings. The Balaban J connectivity index is 1.52. The molecule has 0 aliphatic carbocycles. The molecule has 3 aromatic carbocycles. The molecule has 0 aliphatic heterocycles. The van der Waals surface area contributed by atoms with Gasteiger partial charge in [0.25, 0.3) is 10.0 Å². The molecule has 0 atom stereocenters. The summed E-state index contributed by atoms with van der Waals surface area (Å²) in [5, 5.41) is 0. The van der Waals surface area contributed by atoms with Gasteiger partial charge in [-0.15, -0.1) is 0 Å². The Hall–Kier alpha value is -3.12. The highest BCUT2D eigenvalue weighted by Crippen LogP contribution is 2.21. The SMILES string of the molecule is CCn1c(CCc2cccc(NS(=O)(=O)c3ccc(C)c(C)c3)c2)nc2ccccc21. The molecular weight excluding hydrogens is 406 g/mol. The second-order valence-corrected chi connectivity index (χ2v) is 9.50. The van der Waals surface area contributed by atoms with Gasteiger partial charge in [0, 0.05) is 18.7 Å². The zero-order valence-corrected chi connectivity index (χ0v) is 18.9. The van der Waals surface area contributed by atoms with E-state index in [1.54, 1.807) is 18.2 Å². The van der Waals surface area contributed by atoms with Crippen LogP contribution in [0.25, 0.3) is 11.0 Å². The fourth-order valence-corrected chi connectivity index (χ4v) is 4.94. The Morgan fingerprint density at radius 1 is 0.903 bits per heavy atom. The van der Waals surface area contributed by atoms with Crippen molar-refractivity contribution < 1.29 is 8.42 Å². The van der Waals surface area contributed by atoms with Gasteiger partial charge in [0.15, 0.2) is 0 Å². The van der Waals surface area contributed by atoms with Gasteiger partial charge in [-0.2, -0.15) is 0 Å². The van der Waals surface area contributed by atoms with E-state index >= 15 is 0 Å². The first-order valence-corrected chi connectivity index (χ1v) is 12.0. The van der Waals surface area contributed by atoms with E-state index < -0.39 is 10.0 Å². The summed E-state index contributed by atoms with van der Waals surface area (Å²) in [5.74, 6) is 1.05. The van der Waals surface area contributed by atoms with Crippen molar-refractivity contribution in [3.05, 3.63) is 89.2 Å². The fourth-order valence-electron chi connectivity index (χ4n) is 3.81.